The fourth-order valence-corrected chi connectivity index (χ4v) is 6.13. The fourth-order valence-electron chi connectivity index (χ4n) is 6.13. The van der Waals surface area contributed by atoms with Crippen LogP contribution in [0.25, 0.3) is 0 Å². The predicted molar refractivity (Wildman–Crippen MR) is 121 cm³/mol. The van der Waals surface area contributed by atoms with Crippen LogP contribution in [0.3, 0.4) is 0 Å². The molecule has 0 heterocycles. The van der Waals surface area contributed by atoms with E-state index in [1.54, 1.807) is 0 Å². The van der Waals surface area contributed by atoms with E-state index in [4.69, 9.17) is 4.74 Å². The molecule has 3 saturated carbocycles. The summed E-state index contributed by atoms with van der Waals surface area (Å²) >= 11 is 0. The van der Waals surface area contributed by atoms with Gasteiger partial charge in [-0.05, 0) is 94.1 Å². The maximum absolute atomic E-state index is 10.1. The van der Waals surface area contributed by atoms with E-state index in [1.807, 2.05) is 13.8 Å². The van der Waals surface area contributed by atoms with Crippen molar-refractivity contribution in [2.75, 3.05) is 6.61 Å². The molecular formula is C26H42O4. The Morgan fingerprint density at radius 1 is 1.27 bits per heavy atom. The van der Waals surface area contributed by atoms with Crippen molar-refractivity contribution in [3.05, 3.63) is 35.5 Å². The summed E-state index contributed by atoms with van der Waals surface area (Å²) in [6.07, 6.45) is 11.0. The monoisotopic (exact) mass is 418 g/mol. The zero-order valence-corrected chi connectivity index (χ0v) is 19.4. The Morgan fingerprint density at radius 3 is 2.70 bits per heavy atom. The maximum Gasteiger partial charge on any atom is 0.0811 e. The third-order valence-electron chi connectivity index (χ3n) is 7.96. The largest absolute Gasteiger partial charge is 0.393 e. The standard InChI is InChI=1S/C26H42O4/c1-17-20(15-21(27)16-24(17)28)9-8-19-7-6-12-26(5)22(10-11-23(19)26)18(2)30-14-13-25(3,4)29/h8-9,18,21-24,27-29H,1,6-7,10-16H2,2-5H3/b19-8+,20-9+. The lowest BCUT2D eigenvalue weighted by Crippen LogP contribution is -2.39. The SMILES string of the molecule is C=C1/C(=C/C=C2\CCCC3(C)C2CCC3C(C)OCCC(C)(C)O)CC(O)CC1O. The molecule has 0 amide bonds. The smallest absolute Gasteiger partial charge is 0.0811 e. The molecule has 3 fully saturated rings. The molecule has 0 aromatic heterocycles. The van der Waals surface area contributed by atoms with Gasteiger partial charge in [-0.15, -0.1) is 0 Å². The average Bonchev–Trinajstić information content (AvgIpc) is 3.00. The molecule has 0 radical (unpaired) electrons. The minimum atomic E-state index is -0.680. The minimum absolute atomic E-state index is 0.198. The molecule has 6 atom stereocenters. The number of fused-ring (bicyclic) bond motifs is 1. The molecule has 0 spiro atoms. The lowest BCUT2D eigenvalue weighted by molar-refractivity contribution is -0.0454. The zero-order valence-electron chi connectivity index (χ0n) is 19.4. The second-order valence-corrected chi connectivity index (χ2v) is 10.8. The topological polar surface area (TPSA) is 69.9 Å². The van der Waals surface area contributed by atoms with Crippen LogP contribution >= 0.6 is 0 Å². The van der Waals surface area contributed by atoms with Crippen LogP contribution in [-0.2, 0) is 4.74 Å². The summed E-state index contributed by atoms with van der Waals surface area (Å²) in [7, 11) is 0. The molecule has 3 aliphatic carbocycles. The van der Waals surface area contributed by atoms with Crippen LogP contribution < -0.4 is 0 Å². The summed E-state index contributed by atoms with van der Waals surface area (Å²) in [5.74, 6) is 1.11. The van der Waals surface area contributed by atoms with E-state index in [1.165, 1.54) is 31.3 Å². The van der Waals surface area contributed by atoms with E-state index in [0.29, 0.717) is 37.7 Å². The average molecular weight is 419 g/mol. The molecule has 4 nitrogen and oxygen atoms in total. The van der Waals surface area contributed by atoms with Crippen LogP contribution in [0.15, 0.2) is 35.5 Å². The van der Waals surface area contributed by atoms with Gasteiger partial charge >= 0.3 is 0 Å². The highest BCUT2D eigenvalue weighted by molar-refractivity contribution is 5.38. The van der Waals surface area contributed by atoms with E-state index >= 15 is 0 Å². The van der Waals surface area contributed by atoms with Crippen LogP contribution in [0.5, 0.6) is 0 Å². The van der Waals surface area contributed by atoms with Crippen molar-refractivity contribution in [2.45, 2.75) is 103 Å². The Balaban J connectivity index is 1.70. The number of allylic oxidation sites excluding steroid dienone is 3. The van der Waals surface area contributed by atoms with Crippen molar-refractivity contribution >= 4 is 0 Å². The van der Waals surface area contributed by atoms with E-state index in [9.17, 15) is 15.3 Å². The van der Waals surface area contributed by atoms with E-state index in [-0.39, 0.29) is 11.5 Å². The number of ether oxygens (including phenoxy) is 1. The maximum atomic E-state index is 10.1. The molecule has 30 heavy (non-hydrogen) atoms. The summed E-state index contributed by atoms with van der Waals surface area (Å²) in [4.78, 5) is 0. The van der Waals surface area contributed by atoms with E-state index in [2.05, 4.69) is 32.6 Å². The molecule has 3 N–H and O–H groups in total. The zero-order chi connectivity index (χ0) is 22.1. The molecule has 3 aliphatic rings. The first-order chi connectivity index (χ1) is 14.0. The van der Waals surface area contributed by atoms with Gasteiger partial charge in [0.05, 0.1) is 23.9 Å². The number of hydrogen-bond donors (Lipinski definition) is 3. The van der Waals surface area contributed by atoms with Gasteiger partial charge in [0.2, 0.25) is 0 Å². The van der Waals surface area contributed by atoms with Gasteiger partial charge in [0.1, 0.15) is 0 Å². The summed E-state index contributed by atoms with van der Waals surface area (Å²) < 4.78 is 6.19. The van der Waals surface area contributed by atoms with Crippen LogP contribution in [0.4, 0.5) is 0 Å². The summed E-state index contributed by atoms with van der Waals surface area (Å²) in [5.41, 5.74) is 2.82. The van der Waals surface area contributed by atoms with Crippen molar-refractivity contribution < 1.29 is 20.1 Å². The number of aliphatic hydroxyl groups excluding tert-OH is 2. The molecule has 0 bridgehead atoms. The number of hydrogen-bond acceptors (Lipinski definition) is 4. The fraction of sp³-hybridized carbons (Fsp3) is 0.769. The number of aliphatic hydroxyl groups is 3. The highest BCUT2D eigenvalue weighted by Crippen LogP contribution is 2.58. The van der Waals surface area contributed by atoms with Gasteiger partial charge < -0.3 is 20.1 Å². The molecule has 0 saturated heterocycles. The minimum Gasteiger partial charge on any atom is -0.393 e. The third-order valence-corrected chi connectivity index (χ3v) is 7.96. The Bertz CT molecular complexity index is 686. The molecular weight excluding hydrogens is 376 g/mol. The van der Waals surface area contributed by atoms with Crippen LogP contribution in [0, 0.1) is 17.3 Å². The van der Waals surface area contributed by atoms with Gasteiger partial charge in [-0.2, -0.15) is 0 Å². The van der Waals surface area contributed by atoms with Gasteiger partial charge in [0.15, 0.2) is 0 Å². The van der Waals surface area contributed by atoms with Crippen molar-refractivity contribution in [3.8, 4) is 0 Å². The van der Waals surface area contributed by atoms with E-state index in [0.717, 1.165) is 17.6 Å². The van der Waals surface area contributed by atoms with Gasteiger partial charge in [-0.25, -0.2) is 0 Å². The lowest BCUT2D eigenvalue weighted by Gasteiger charge is -2.44. The van der Waals surface area contributed by atoms with Crippen LogP contribution in [-0.4, -0.2) is 45.8 Å². The molecule has 0 aliphatic heterocycles. The van der Waals surface area contributed by atoms with Crippen LogP contribution in [0.1, 0.15) is 79.1 Å². The Labute approximate surface area is 182 Å². The first kappa shape index (κ1) is 23.7. The highest BCUT2D eigenvalue weighted by atomic mass is 16.5. The normalized spacial score (nSPS) is 38.8. The number of rotatable bonds is 6. The third kappa shape index (κ3) is 5.27. The molecule has 170 valence electrons. The molecule has 3 rings (SSSR count). The second-order valence-electron chi connectivity index (χ2n) is 10.8. The van der Waals surface area contributed by atoms with Crippen molar-refractivity contribution in [1.29, 1.82) is 0 Å². The summed E-state index contributed by atoms with van der Waals surface area (Å²) in [6.45, 7) is 13.0. The Morgan fingerprint density at radius 2 is 2.00 bits per heavy atom. The summed E-state index contributed by atoms with van der Waals surface area (Å²) in [5, 5.41) is 30.1. The molecule has 6 unspecified atom stereocenters. The predicted octanol–water partition coefficient (Wildman–Crippen LogP) is 4.69. The second kappa shape index (κ2) is 9.28. The van der Waals surface area contributed by atoms with Gasteiger partial charge in [0, 0.05) is 13.0 Å². The van der Waals surface area contributed by atoms with Gasteiger partial charge in [0.25, 0.3) is 0 Å². The van der Waals surface area contributed by atoms with Gasteiger partial charge in [-0.3, -0.25) is 0 Å². The Kier molecular flexibility index (Phi) is 7.33. The molecule has 4 heteroatoms. The van der Waals surface area contributed by atoms with Crippen molar-refractivity contribution in [3.63, 3.8) is 0 Å². The quantitative estimate of drug-likeness (QED) is 0.585. The molecule has 0 aromatic carbocycles. The highest BCUT2D eigenvalue weighted by Gasteiger charge is 2.51. The lowest BCUT2D eigenvalue weighted by atomic mass is 9.62. The Hall–Kier alpha value is -0.940. The van der Waals surface area contributed by atoms with Crippen molar-refractivity contribution in [1.82, 2.24) is 0 Å². The van der Waals surface area contributed by atoms with E-state index < -0.39 is 17.8 Å². The molecule has 0 aromatic rings. The first-order valence-electron chi connectivity index (χ1n) is 11.8. The van der Waals surface area contributed by atoms with Gasteiger partial charge in [-0.1, -0.05) is 31.2 Å². The van der Waals surface area contributed by atoms with Crippen molar-refractivity contribution in [2.24, 2.45) is 17.3 Å². The summed E-state index contributed by atoms with van der Waals surface area (Å²) in [6, 6.07) is 0. The first-order valence-corrected chi connectivity index (χ1v) is 11.8. The van der Waals surface area contributed by atoms with Crippen LogP contribution in [0.2, 0.25) is 0 Å².